The third-order valence-corrected chi connectivity index (χ3v) is 11.5. The van der Waals surface area contributed by atoms with E-state index in [1.807, 2.05) is 44.2 Å². The van der Waals surface area contributed by atoms with E-state index in [4.69, 9.17) is 11.2 Å². The van der Waals surface area contributed by atoms with Crippen LogP contribution in [0.4, 0.5) is 0 Å². The van der Waals surface area contributed by atoms with Crippen molar-refractivity contribution in [3.8, 4) is 12.3 Å². The smallest absolute Gasteiger partial charge is 0.243 e. The number of aliphatic hydroxyl groups excluding tert-OH is 2. The highest BCUT2D eigenvalue weighted by Gasteiger charge is 2.35. The lowest BCUT2D eigenvalue weighted by atomic mass is 9.82. The molecule has 0 radical (unpaired) electrons. The summed E-state index contributed by atoms with van der Waals surface area (Å²) < 4.78 is 33.8. The predicted octanol–water partition coefficient (Wildman–Crippen LogP) is 2.17. The van der Waals surface area contributed by atoms with Gasteiger partial charge in [-0.05, 0) is 36.7 Å². The van der Waals surface area contributed by atoms with Crippen molar-refractivity contribution in [2.75, 3.05) is 52.2 Å². The molecule has 0 spiro atoms. The van der Waals surface area contributed by atoms with Crippen molar-refractivity contribution < 1.29 is 33.0 Å². The first-order chi connectivity index (χ1) is 22.9. The van der Waals surface area contributed by atoms with E-state index >= 15 is 0 Å². The quantitative estimate of drug-likeness (QED) is 0.162. The second-order valence-corrected chi connectivity index (χ2v) is 16.1. The van der Waals surface area contributed by atoms with E-state index in [0.717, 1.165) is 50.8 Å². The maximum absolute atomic E-state index is 13.9. The van der Waals surface area contributed by atoms with Gasteiger partial charge in [-0.15, -0.1) is 12.3 Å². The van der Waals surface area contributed by atoms with Crippen LogP contribution >= 0.6 is 0 Å². The number of nitrogens with zero attached hydrogens (tertiary/aromatic N) is 2. The average Bonchev–Trinajstić information content (AvgIpc) is 3.07. The molecule has 1 aliphatic heterocycles. The van der Waals surface area contributed by atoms with Crippen LogP contribution in [0.3, 0.4) is 0 Å². The van der Waals surface area contributed by atoms with Crippen molar-refractivity contribution >= 4 is 21.8 Å². The molecule has 1 saturated heterocycles. The van der Waals surface area contributed by atoms with Crippen LogP contribution in [0, 0.1) is 30.1 Å². The minimum atomic E-state index is -3.85. The van der Waals surface area contributed by atoms with Crippen LogP contribution in [-0.2, 0) is 30.8 Å². The van der Waals surface area contributed by atoms with Gasteiger partial charge in [-0.2, -0.15) is 0 Å². The Morgan fingerprint density at radius 1 is 1.06 bits per heavy atom. The second kappa shape index (κ2) is 20.2. The van der Waals surface area contributed by atoms with Gasteiger partial charge in [0.05, 0.1) is 37.0 Å². The number of amides is 2. The normalized spacial score (nSPS) is 19.6. The molecule has 3 rings (SSSR count). The SMILES string of the molecule is C#CC[C@H](NC(=O)[C@H](Cc1ccccc1)CS(=O)(=O)N(C)CCN1CCOCC1)C(=O)N[C@@H](CC1CCCCC1)[C@@H](O)[C@@H](O)CC(C)C. The summed E-state index contributed by atoms with van der Waals surface area (Å²) >= 11 is 0. The van der Waals surface area contributed by atoms with Crippen LogP contribution in [0.2, 0.25) is 0 Å². The van der Waals surface area contributed by atoms with E-state index in [1.54, 1.807) is 0 Å². The highest BCUT2D eigenvalue weighted by Crippen LogP contribution is 2.29. The zero-order valence-electron chi connectivity index (χ0n) is 29.1. The minimum Gasteiger partial charge on any atom is -0.390 e. The molecule has 1 aromatic rings. The van der Waals surface area contributed by atoms with Crippen LogP contribution < -0.4 is 10.6 Å². The topological polar surface area (TPSA) is 149 Å². The molecule has 11 nitrogen and oxygen atoms in total. The largest absolute Gasteiger partial charge is 0.390 e. The van der Waals surface area contributed by atoms with E-state index < -0.39 is 57.8 Å². The molecule has 12 heteroatoms. The van der Waals surface area contributed by atoms with Crippen molar-refractivity contribution in [2.24, 2.45) is 17.8 Å². The summed E-state index contributed by atoms with van der Waals surface area (Å²) in [7, 11) is -2.33. The lowest BCUT2D eigenvalue weighted by Gasteiger charge is -2.33. The molecule has 2 amide bonds. The first-order valence-corrected chi connectivity index (χ1v) is 19.2. The molecule has 0 unspecified atom stereocenters. The molecular weight excluding hydrogens is 632 g/mol. The number of terminal acetylenes is 1. The van der Waals surface area contributed by atoms with Crippen molar-refractivity contribution in [3.05, 3.63) is 35.9 Å². The first kappa shape index (κ1) is 39.9. The van der Waals surface area contributed by atoms with Crippen LogP contribution in [0.25, 0.3) is 0 Å². The van der Waals surface area contributed by atoms with Crippen LogP contribution in [-0.4, -0.2) is 116 Å². The maximum atomic E-state index is 13.9. The highest BCUT2D eigenvalue weighted by atomic mass is 32.2. The fourth-order valence-electron chi connectivity index (χ4n) is 6.61. The van der Waals surface area contributed by atoms with E-state index in [0.29, 0.717) is 38.5 Å². The molecule has 48 heavy (non-hydrogen) atoms. The van der Waals surface area contributed by atoms with Gasteiger partial charge in [-0.1, -0.05) is 76.3 Å². The van der Waals surface area contributed by atoms with Crippen molar-refractivity contribution in [3.63, 3.8) is 0 Å². The number of sulfonamides is 1. The van der Waals surface area contributed by atoms with Crippen molar-refractivity contribution in [1.82, 2.24) is 19.8 Å². The lowest BCUT2D eigenvalue weighted by Crippen LogP contribution is -2.56. The number of carbonyl (C=O) groups excluding carboxylic acids is 2. The third kappa shape index (κ3) is 13.4. The first-order valence-electron chi connectivity index (χ1n) is 17.6. The summed E-state index contributed by atoms with van der Waals surface area (Å²) in [6.45, 7) is 7.44. The number of aliphatic hydroxyl groups is 2. The number of benzene rings is 1. The zero-order valence-corrected chi connectivity index (χ0v) is 29.9. The van der Waals surface area contributed by atoms with Gasteiger partial charge < -0.3 is 25.6 Å². The molecule has 1 aromatic carbocycles. The molecular formula is C36H58N4O7S. The standard InChI is InChI=1S/C36H58N4O7S/c1-5-12-31(36(44)38-32(25-29-15-10-7-11-16-29)34(42)33(41)23-27(2)3)37-35(43)30(24-28-13-8-6-9-14-28)26-48(45,46)39(4)17-18-40-19-21-47-22-20-40/h1,6,8-9,13-14,27,29-34,41-42H,7,10-12,15-26H2,2-4H3,(H,37,43)(H,38,44)/t30-,31+,32+,33+,34-/m1/s1. The van der Waals surface area contributed by atoms with E-state index in [9.17, 15) is 28.2 Å². The van der Waals surface area contributed by atoms with E-state index in [2.05, 4.69) is 21.5 Å². The molecule has 5 atom stereocenters. The van der Waals surface area contributed by atoms with Gasteiger partial charge in [0.25, 0.3) is 0 Å². The highest BCUT2D eigenvalue weighted by molar-refractivity contribution is 7.89. The molecule has 1 heterocycles. The van der Waals surface area contributed by atoms with E-state index in [1.165, 1.54) is 11.4 Å². The summed E-state index contributed by atoms with van der Waals surface area (Å²) in [6.07, 6.45) is 9.62. The number of likely N-dealkylation sites (N-methyl/N-ethyl adjacent to an activating group) is 1. The van der Waals surface area contributed by atoms with Crippen molar-refractivity contribution in [2.45, 2.75) is 95.9 Å². The molecule has 1 saturated carbocycles. The number of carbonyl (C=O) groups is 2. The predicted molar refractivity (Wildman–Crippen MR) is 187 cm³/mol. The monoisotopic (exact) mass is 690 g/mol. The molecule has 0 aromatic heterocycles. The second-order valence-electron chi connectivity index (χ2n) is 14.0. The van der Waals surface area contributed by atoms with Gasteiger partial charge in [-0.3, -0.25) is 14.5 Å². The Kier molecular flexibility index (Phi) is 16.8. The number of nitrogens with one attached hydrogen (secondary N) is 2. The summed E-state index contributed by atoms with van der Waals surface area (Å²) in [5.74, 6) is 0.307. The maximum Gasteiger partial charge on any atom is 0.243 e. The Morgan fingerprint density at radius 2 is 1.73 bits per heavy atom. The summed E-state index contributed by atoms with van der Waals surface area (Å²) in [5, 5.41) is 27.6. The number of ether oxygens (including phenoxy) is 1. The van der Waals surface area contributed by atoms with Gasteiger partial charge in [0, 0.05) is 39.6 Å². The van der Waals surface area contributed by atoms with Crippen LogP contribution in [0.5, 0.6) is 0 Å². The average molecular weight is 691 g/mol. The molecule has 1 aliphatic carbocycles. The number of hydrogen-bond acceptors (Lipinski definition) is 8. The fraction of sp³-hybridized carbons (Fsp3) is 0.722. The fourth-order valence-corrected chi connectivity index (χ4v) is 8.00. The Labute approximate surface area is 288 Å². The van der Waals surface area contributed by atoms with Gasteiger partial charge in [-0.25, -0.2) is 12.7 Å². The van der Waals surface area contributed by atoms with Gasteiger partial charge >= 0.3 is 0 Å². The summed E-state index contributed by atoms with van der Waals surface area (Å²) in [4.78, 5) is 29.7. The Bertz CT molecular complexity index is 1260. The van der Waals surface area contributed by atoms with Crippen LogP contribution in [0.15, 0.2) is 30.3 Å². The molecule has 4 N–H and O–H groups in total. The third-order valence-electron chi connectivity index (χ3n) is 9.53. The van der Waals surface area contributed by atoms with Gasteiger partial charge in [0.1, 0.15) is 12.1 Å². The Morgan fingerprint density at radius 3 is 2.35 bits per heavy atom. The van der Waals surface area contributed by atoms with Gasteiger partial charge in [0.15, 0.2) is 0 Å². The minimum absolute atomic E-state index is 0.122. The Balaban J connectivity index is 1.75. The molecule has 270 valence electrons. The lowest BCUT2D eigenvalue weighted by molar-refractivity contribution is -0.132. The zero-order chi connectivity index (χ0) is 35.1. The summed E-state index contributed by atoms with van der Waals surface area (Å²) in [6, 6.07) is 7.29. The molecule has 2 aliphatic rings. The van der Waals surface area contributed by atoms with E-state index in [-0.39, 0.29) is 25.3 Å². The van der Waals surface area contributed by atoms with Crippen molar-refractivity contribution in [1.29, 1.82) is 0 Å². The summed E-state index contributed by atoms with van der Waals surface area (Å²) in [5.41, 5.74) is 0.788. The number of morpholine rings is 1. The van der Waals surface area contributed by atoms with Crippen LogP contribution in [0.1, 0.15) is 70.8 Å². The number of hydrogen-bond donors (Lipinski definition) is 4. The molecule has 2 fully saturated rings. The molecule has 0 bridgehead atoms. The van der Waals surface area contributed by atoms with Gasteiger partial charge in [0.2, 0.25) is 21.8 Å². The Hall–Kier alpha value is -2.53. The number of rotatable bonds is 19.